The third-order valence-corrected chi connectivity index (χ3v) is 6.29. The van der Waals surface area contributed by atoms with E-state index in [4.69, 9.17) is 18.9 Å². The van der Waals surface area contributed by atoms with Crippen molar-refractivity contribution in [2.75, 3.05) is 26.4 Å². The predicted octanol–water partition coefficient (Wildman–Crippen LogP) is 4.81. The molecule has 0 spiro atoms. The van der Waals surface area contributed by atoms with Gasteiger partial charge in [-0.1, -0.05) is 0 Å². The predicted molar refractivity (Wildman–Crippen MR) is 150 cm³/mol. The van der Waals surface area contributed by atoms with Crippen LogP contribution in [0.3, 0.4) is 0 Å². The van der Waals surface area contributed by atoms with Crippen LogP contribution in [0.15, 0.2) is 68.5 Å². The van der Waals surface area contributed by atoms with E-state index in [-0.39, 0.29) is 23.2 Å². The average Bonchev–Trinajstić information content (AvgIpc) is 3.68. The van der Waals surface area contributed by atoms with Crippen LogP contribution < -0.4 is 0 Å². The third-order valence-electron chi connectivity index (χ3n) is 6.29. The highest BCUT2D eigenvalue weighted by atomic mass is 16.5. The van der Waals surface area contributed by atoms with Crippen LogP contribution in [0.5, 0.6) is 0 Å². The fourth-order valence-electron chi connectivity index (χ4n) is 4.24. The first-order valence-corrected chi connectivity index (χ1v) is 13.2. The zero-order chi connectivity index (χ0) is 26.9. The monoisotopic (exact) mass is 516 g/mol. The standard InChI is InChI=1S/C16H20N2O2.C14H16N2O2/c1-15(2)9-19-13(17-15)11-5-7-12(8-6-11)14-18-16(3,4)10-20-14;1-9-7-17-13(15-9)11-3-5-12(6-4-11)14-16-10(2)8-18-14/h5-8H,9-10H2,1-4H3;3-6,9-10H,7-8H2,1-2H3. The second kappa shape index (κ2) is 10.2. The Morgan fingerprint density at radius 3 is 1.08 bits per heavy atom. The first kappa shape index (κ1) is 25.9. The van der Waals surface area contributed by atoms with E-state index in [9.17, 15) is 0 Å². The van der Waals surface area contributed by atoms with Gasteiger partial charge in [0.1, 0.15) is 26.4 Å². The molecule has 8 heteroatoms. The summed E-state index contributed by atoms with van der Waals surface area (Å²) < 4.78 is 22.3. The molecular formula is C30H36N4O4. The highest BCUT2D eigenvalue weighted by molar-refractivity contribution is 5.99. The van der Waals surface area contributed by atoms with Gasteiger partial charge in [0, 0.05) is 22.3 Å². The minimum absolute atomic E-state index is 0.128. The average molecular weight is 517 g/mol. The summed E-state index contributed by atoms with van der Waals surface area (Å²) in [5.41, 5.74) is 3.76. The van der Waals surface area contributed by atoms with Gasteiger partial charge in [-0.25, -0.2) is 20.0 Å². The summed E-state index contributed by atoms with van der Waals surface area (Å²) in [6, 6.07) is 16.5. The summed E-state index contributed by atoms with van der Waals surface area (Å²) in [4.78, 5) is 18.0. The summed E-state index contributed by atoms with van der Waals surface area (Å²) in [7, 11) is 0. The number of hydrogen-bond acceptors (Lipinski definition) is 8. The number of benzene rings is 2. The lowest BCUT2D eigenvalue weighted by atomic mass is 10.1. The Morgan fingerprint density at radius 1 is 0.526 bits per heavy atom. The molecule has 6 rings (SSSR count). The molecule has 4 aliphatic rings. The molecule has 0 aromatic heterocycles. The largest absolute Gasteiger partial charge is 0.475 e. The summed E-state index contributed by atoms with van der Waals surface area (Å²) in [6.07, 6.45) is 0. The number of rotatable bonds is 4. The van der Waals surface area contributed by atoms with Crippen LogP contribution in [0, 0.1) is 0 Å². The van der Waals surface area contributed by atoms with Crippen molar-refractivity contribution >= 4 is 23.6 Å². The minimum Gasteiger partial charge on any atom is -0.475 e. The third kappa shape index (κ3) is 6.06. The van der Waals surface area contributed by atoms with E-state index in [0.717, 1.165) is 45.8 Å². The fraction of sp³-hybridized carbons (Fsp3) is 0.467. The Balaban J connectivity index is 0.000000156. The zero-order valence-electron chi connectivity index (χ0n) is 23.0. The zero-order valence-corrected chi connectivity index (χ0v) is 23.0. The summed E-state index contributed by atoms with van der Waals surface area (Å²) in [5.74, 6) is 2.90. The molecule has 0 saturated carbocycles. The second-order valence-electron chi connectivity index (χ2n) is 11.4. The van der Waals surface area contributed by atoms with Crippen molar-refractivity contribution in [3.63, 3.8) is 0 Å². The fourth-order valence-corrected chi connectivity index (χ4v) is 4.24. The summed E-state index contributed by atoms with van der Waals surface area (Å²) in [6.45, 7) is 15.0. The molecule has 2 atom stereocenters. The van der Waals surface area contributed by atoms with Gasteiger partial charge in [-0.15, -0.1) is 0 Å². The van der Waals surface area contributed by atoms with E-state index in [1.165, 1.54) is 0 Å². The van der Waals surface area contributed by atoms with Gasteiger partial charge in [-0.2, -0.15) is 0 Å². The van der Waals surface area contributed by atoms with E-state index in [1.807, 2.05) is 62.4 Å². The molecule has 4 heterocycles. The van der Waals surface area contributed by atoms with Gasteiger partial charge in [-0.3, -0.25) is 0 Å². The van der Waals surface area contributed by atoms with E-state index in [2.05, 4.69) is 47.7 Å². The van der Waals surface area contributed by atoms with Crippen LogP contribution in [0.1, 0.15) is 63.8 Å². The molecule has 0 N–H and O–H groups in total. The molecule has 38 heavy (non-hydrogen) atoms. The number of hydrogen-bond donors (Lipinski definition) is 0. The summed E-state index contributed by atoms with van der Waals surface area (Å²) >= 11 is 0. The van der Waals surface area contributed by atoms with Gasteiger partial charge in [0.05, 0.1) is 23.2 Å². The van der Waals surface area contributed by atoms with Gasteiger partial charge in [0.25, 0.3) is 0 Å². The van der Waals surface area contributed by atoms with Crippen molar-refractivity contribution in [3.05, 3.63) is 70.8 Å². The highest BCUT2D eigenvalue weighted by Gasteiger charge is 2.29. The van der Waals surface area contributed by atoms with Crippen LogP contribution in [0.2, 0.25) is 0 Å². The van der Waals surface area contributed by atoms with Gasteiger partial charge in [0.2, 0.25) is 23.6 Å². The Hall–Kier alpha value is -3.68. The van der Waals surface area contributed by atoms with Crippen molar-refractivity contribution in [1.29, 1.82) is 0 Å². The Labute approximate surface area is 224 Å². The number of ether oxygens (including phenoxy) is 4. The molecule has 0 saturated heterocycles. The Kier molecular flexibility index (Phi) is 6.99. The van der Waals surface area contributed by atoms with E-state index in [1.54, 1.807) is 0 Å². The molecular weight excluding hydrogens is 480 g/mol. The van der Waals surface area contributed by atoms with Gasteiger partial charge < -0.3 is 18.9 Å². The van der Waals surface area contributed by atoms with Gasteiger partial charge >= 0.3 is 0 Å². The first-order chi connectivity index (χ1) is 18.1. The minimum atomic E-state index is -0.128. The van der Waals surface area contributed by atoms with E-state index >= 15 is 0 Å². The van der Waals surface area contributed by atoms with Crippen LogP contribution in [-0.4, -0.2) is 73.2 Å². The van der Waals surface area contributed by atoms with Crippen molar-refractivity contribution in [2.24, 2.45) is 20.0 Å². The van der Waals surface area contributed by atoms with Gasteiger partial charge in [-0.05, 0) is 90.1 Å². The molecule has 0 aliphatic carbocycles. The topological polar surface area (TPSA) is 86.4 Å². The maximum absolute atomic E-state index is 5.64. The van der Waals surface area contributed by atoms with E-state index < -0.39 is 0 Å². The second-order valence-corrected chi connectivity index (χ2v) is 11.4. The van der Waals surface area contributed by atoms with Crippen molar-refractivity contribution < 1.29 is 18.9 Å². The van der Waals surface area contributed by atoms with Crippen molar-refractivity contribution in [2.45, 2.75) is 64.7 Å². The van der Waals surface area contributed by atoms with Gasteiger partial charge in [0.15, 0.2) is 0 Å². The lowest BCUT2D eigenvalue weighted by Gasteiger charge is -2.07. The molecule has 2 aromatic rings. The quantitative estimate of drug-likeness (QED) is 0.583. The normalized spacial score (nSPS) is 24.5. The molecule has 0 bridgehead atoms. The Bertz CT molecular complexity index is 1190. The van der Waals surface area contributed by atoms with Crippen molar-refractivity contribution in [3.8, 4) is 0 Å². The molecule has 0 radical (unpaired) electrons. The van der Waals surface area contributed by atoms with Crippen molar-refractivity contribution in [1.82, 2.24) is 0 Å². The molecule has 2 unspecified atom stereocenters. The molecule has 8 nitrogen and oxygen atoms in total. The highest BCUT2D eigenvalue weighted by Crippen LogP contribution is 2.23. The first-order valence-electron chi connectivity index (χ1n) is 13.2. The van der Waals surface area contributed by atoms with Crippen LogP contribution in [0.4, 0.5) is 0 Å². The lowest BCUT2D eigenvalue weighted by Crippen LogP contribution is -2.17. The number of aliphatic imine (C=N–C) groups is 4. The molecule has 0 fully saturated rings. The van der Waals surface area contributed by atoms with Crippen LogP contribution in [-0.2, 0) is 18.9 Å². The maximum Gasteiger partial charge on any atom is 0.216 e. The number of nitrogens with zero attached hydrogens (tertiary/aromatic N) is 4. The molecule has 4 aliphatic heterocycles. The molecule has 0 amide bonds. The lowest BCUT2D eigenvalue weighted by molar-refractivity contribution is 0.279. The molecule has 2 aromatic carbocycles. The van der Waals surface area contributed by atoms with Crippen LogP contribution >= 0.6 is 0 Å². The SMILES string of the molecule is CC1(C)COC(c2ccc(C3=NC(C)(C)CO3)cc2)=N1.CC1COC(c2ccc(C3=NC(C)CO3)cc2)=N1. The summed E-state index contributed by atoms with van der Waals surface area (Å²) in [5, 5.41) is 0. The smallest absolute Gasteiger partial charge is 0.216 e. The van der Waals surface area contributed by atoms with Crippen LogP contribution in [0.25, 0.3) is 0 Å². The maximum atomic E-state index is 5.64. The molecule has 200 valence electrons. The van der Waals surface area contributed by atoms with E-state index in [0.29, 0.717) is 26.4 Å². The Morgan fingerprint density at radius 2 is 0.842 bits per heavy atom.